The summed E-state index contributed by atoms with van der Waals surface area (Å²) in [4.78, 5) is 25.0. The monoisotopic (exact) mass is 833 g/mol. The first-order valence-corrected chi connectivity index (χ1v) is 21.1. The molecule has 5 aromatic rings. The number of carbonyl (C=O) groups excluding carboxylic acids is 2. The number of rotatable bonds is 15. The van der Waals surface area contributed by atoms with Crippen LogP contribution in [0.4, 0.5) is 11.4 Å². The van der Waals surface area contributed by atoms with Crippen molar-refractivity contribution in [1.29, 1.82) is 0 Å². The van der Waals surface area contributed by atoms with Crippen molar-refractivity contribution in [1.82, 2.24) is 5.32 Å². The van der Waals surface area contributed by atoms with Crippen LogP contribution in [0.25, 0.3) is 0 Å². The summed E-state index contributed by atoms with van der Waals surface area (Å²) in [5, 5.41) is 2.78. The molecule has 10 nitrogen and oxygen atoms in total. The predicted octanol–water partition coefficient (Wildman–Crippen LogP) is 7.24. The van der Waals surface area contributed by atoms with E-state index in [9.17, 15) is 26.4 Å². The smallest absolute Gasteiger partial charge is 0.264 e. The number of sulfonamides is 2. The van der Waals surface area contributed by atoms with Crippen molar-refractivity contribution < 1.29 is 31.2 Å². The van der Waals surface area contributed by atoms with Crippen molar-refractivity contribution in [2.75, 3.05) is 35.1 Å². The molecule has 0 heterocycles. The standard InChI is InChI=1S/C22H21BrN2O4S.C19H23NO3S/c1-29-20-13-7-17(8-14-20)15-24-22(26)16-25(19-11-9-18(23)10-12-19)30(27,28)21-5-3-2-4-6-21;1-15-4-8-17(9-5-15)10-13-19(21)14-20(24(3,22)23)18-11-6-16(2)7-12-18/h2-14H,15-16H2,1H3,(H,24,26);4-9,11-12H,10,13-14H2,1-3H3. The van der Waals surface area contributed by atoms with Gasteiger partial charge in [-0.05, 0) is 92.1 Å². The van der Waals surface area contributed by atoms with Gasteiger partial charge in [0.2, 0.25) is 15.9 Å². The topological polar surface area (TPSA) is 130 Å². The maximum absolute atomic E-state index is 13.2. The number of amides is 1. The molecule has 0 aliphatic heterocycles. The summed E-state index contributed by atoms with van der Waals surface area (Å²) in [7, 11) is -5.83. The first kappa shape index (κ1) is 41.8. The van der Waals surface area contributed by atoms with Crippen LogP contribution in [-0.2, 0) is 42.6 Å². The molecule has 0 bridgehead atoms. The molecule has 0 radical (unpaired) electrons. The first-order valence-electron chi connectivity index (χ1n) is 17.0. The van der Waals surface area contributed by atoms with Gasteiger partial charge in [-0.1, -0.05) is 93.8 Å². The van der Waals surface area contributed by atoms with Crippen LogP contribution in [0, 0.1) is 13.8 Å². The third-order valence-corrected chi connectivity index (χ3v) is 11.7. The van der Waals surface area contributed by atoms with Crippen LogP contribution in [0.15, 0.2) is 137 Å². The summed E-state index contributed by atoms with van der Waals surface area (Å²) in [5.41, 5.74) is 5.10. The zero-order chi connectivity index (χ0) is 39.3. The maximum atomic E-state index is 13.2. The van der Waals surface area contributed by atoms with Crippen LogP contribution in [0.3, 0.4) is 0 Å². The van der Waals surface area contributed by atoms with Crippen molar-refractivity contribution in [3.63, 3.8) is 0 Å². The van der Waals surface area contributed by atoms with Crippen molar-refractivity contribution in [2.45, 2.75) is 38.1 Å². The molecule has 5 aromatic carbocycles. The van der Waals surface area contributed by atoms with Gasteiger partial charge in [0.15, 0.2) is 5.78 Å². The Hall–Kier alpha value is -4.98. The lowest BCUT2D eigenvalue weighted by Crippen LogP contribution is -2.40. The number of methoxy groups -OCH3 is 1. The van der Waals surface area contributed by atoms with E-state index in [0.29, 0.717) is 24.2 Å². The second-order valence-electron chi connectivity index (χ2n) is 12.6. The third kappa shape index (κ3) is 12.6. The molecule has 13 heteroatoms. The van der Waals surface area contributed by atoms with Crippen LogP contribution >= 0.6 is 15.9 Å². The Morgan fingerprint density at radius 3 is 1.74 bits per heavy atom. The lowest BCUT2D eigenvalue weighted by atomic mass is 10.1. The van der Waals surface area contributed by atoms with E-state index < -0.39 is 26.0 Å². The highest BCUT2D eigenvalue weighted by Crippen LogP contribution is 2.25. The van der Waals surface area contributed by atoms with Crippen LogP contribution in [0.5, 0.6) is 5.75 Å². The second-order valence-corrected chi connectivity index (χ2v) is 17.2. The molecule has 0 unspecified atom stereocenters. The van der Waals surface area contributed by atoms with E-state index in [2.05, 4.69) is 21.2 Å². The van der Waals surface area contributed by atoms with Gasteiger partial charge in [-0.3, -0.25) is 18.2 Å². The average Bonchev–Trinajstić information content (AvgIpc) is 3.16. The van der Waals surface area contributed by atoms with Crippen molar-refractivity contribution >= 4 is 59.0 Å². The van der Waals surface area contributed by atoms with E-state index >= 15 is 0 Å². The van der Waals surface area contributed by atoms with Gasteiger partial charge >= 0.3 is 0 Å². The Kier molecular flexibility index (Phi) is 15.0. The molecule has 1 N–H and O–H groups in total. The molecular formula is C41H44BrN3O7S2. The lowest BCUT2D eigenvalue weighted by molar-refractivity contribution is -0.120. The van der Waals surface area contributed by atoms with E-state index in [0.717, 1.165) is 37.5 Å². The second kappa shape index (κ2) is 19.4. The minimum atomic E-state index is -3.91. The number of benzene rings is 5. The van der Waals surface area contributed by atoms with E-state index in [-0.39, 0.29) is 30.3 Å². The third-order valence-electron chi connectivity index (χ3n) is 8.24. The van der Waals surface area contributed by atoms with E-state index in [1.165, 1.54) is 22.0 Å². The van der Waals surface area contributed by atoms with Gasteiger partial charge in [0.05, 0.1) is 36.2 Å². The maximum Gasteiger partial charge on any atom is 0.264 e. The fraction of sp³-hybridized carbons (Fsp3) is 0.220. The molecule has 1 amide bonds. The van der Waals surface area contributed by atoms with Gasteiger partial charge in [-0.15, -0.1) is 0 Å². The Bertz CT molecular complexity index is 2200. The zero-order valence-electron chi connectivity index (χ0n) is 30.6. The molecule has 0 atom stereocenters. The zero-order valence-corrected chi connectivity index (χ0v) is 33.8. The number of anilines is 2. The Balaban J connectivity index is 0.000000247. The normalized spacial score (nSPS) is 11.1. The SMILES string of the molecule is COc1ccc(CNC(=O)CN(c2ccc(Br)cc2)S(=O)(=O)c2ccccc2)cc1.Cc1ccc(CCC(=O)CN(c2ccc(C)cc2)S(C)(=O)=O)cc1. The van der Waals surface area contributed by atoms with E-state index in [1.54, 1.807) is 73.8 Å². The fourth-order valence-electron chi connectivity index (χ4n) is 5.16. The molecule has 54 heavy (non-hydrogen) atoms. The number of hydrogen-bond acceptors (Lipinski definition) is 7. The van der Waals surface area contributed by atoms with Gasteiger partial charge in [-0.2, -0.15) is 0 Å². The molecule has 0 saturated heterocycles. The summed E-state index contributed by atoms with van der Waals surface area (Å²) < 4.78 is 58.7. The lowest BCUT2D eigenvalue weighted by Gasteiger charge is -2.24. The molecule has 0 spiro atoms. The Morgan fingerprint density at radius 1 is 0.667 bits per heavy atom. The number of hydrogen-bond donors (Lipinski definition) is 1. The quantitative estimate of drug-likeness (QED) is 0.118. The number of aryl methyl sites for hydroxylation is 3. The Morgan fingerprint density at radius 2 is 1.19 bits per heavy atom. The number of ketones is 1. The van der Waals surface area contributed by atoms with Gasteiger partial charge in [0.1, 0.15) is 12.3 Å². The first-order chi connectivity index (χ1) is 25.6. The van der Waals surface area contributed by atoms with Crippen molar-refractivity contribution in [3.05, 3.63) is 154 Å². The summed E-state index contributed by atoms with van der Waals surface area (Å²) in [6, 6.07) is 37.3. The number of nitrogens with zero attached hydrogens (tertiary/aromatic N) is 2. The average molecular weight is 835 g/mol. The fourth-order valence-corrected chi connectivity index (χ4v) is 7.75. The highest BCUT2D eigenvalue weighted by molar-refractivity contribution is 9.10. The number of halogens is 1. The molecule has 5 rings (SSSR count). The predicted molar refractivity (Wildman–Crippen MR) is 218 cm³/mol. The molecule has 0 aliphatic carbocycles. The largest absolute Gasteiger partial charge is 0.497 e. The minimum Gasteiger partial charge on any atom is -0.497 e. The van der Waals surface area contributed by atoms with Gasteiger partial charge < -0.3 is 10.1 Å². The van der Waals surface area contributed by atoms with Crippen LogP contribution in [0.1, 0.15) is 28.7 Å². The Labute approximate surface area is 327 Å². The van der Waals surface area contributed by atoms with E-state index in [4.69, 9.17) is 4.74 Å². The van der Waals surface area contributed by atoms with Gasteiger partial charge in [-0.25, -0.2) is 16.8 Å². The number of Topliss-reactive ketones (excluding diaryl/α,β-unsaturated/α-hetero) is 1. The van der Waals surface area contributed by atoms with Gasteiger partial charge in [0, 0.05) is 17.4 Å². The summed E-state index contributed by atoms with van der Waals surface area (Å²) in [5.74, 6) is 0.218. The molecule has 284 valence electrons. The summed E-state index contributed by atoms with van der Waals surface area (Å²) in [6.07, 6.45) is 2.06. The molecular weight excluding hydrogens is 791 g/mol. The van der Waals surface area contributed by atoms with Crippen LogP contribution in [0.2, 0.25) is 0 Å². The van der Waals surface area contributed by atoms with Gasteiger partial charge in [0.25, 0.3) is 10.0 Å². The highest BCUT2D eigenvalue weighted by Gasteiger charge is 2.27. The number of ether oxygens (including phenoxy) is 1. The van der Waals surface area contributed by atoms with E-state index in [1.807, 2.05) is 62.4 Å². The molecule has 0 aliphatic rings. The number of carbonyl (C=O) groups is 2. The van der Waals surface area contributed by atoms with Crippen LogP contribution < -0.4 is 18.7 Å². The summed E-state index contributed by atoms with van der Waals surface area (Å²) in [6.45, 7) is 3.76. The highest BCUT2D eigenvalue weighted by atomic mass is 79.9. The minimum absolute atomic E-state index is 0.0958. The molecule has 0 fully saturated rings. The van der Waals surface area contributed by atoms with Crippen molar-refractivity contribution in [2.24, 2.45) is 0 Å². The van der Waals surface area contributed by atoms with Crippen molar-refractivity contribution in [3.8, 4) is 5.75 Å². The molecule has 0 aromatic heterocycles. The van der Waals surface area contributed by atoms with Crippen LogP contribution in [-0.4, -0.2) is 55.0 Å². The molecule has 0 saturated carbocycles. The summed E-state index contributed by atoms with van der Waals surface area (Å²) >= 11 is 3.35. The number of nitrogens with one attached hydrogen (secondary N) is 1.